The number of nitrogens with zero attached hydrogens (tertiary/aromatic N) is 3. The molecule has 186 valence electrons. The molecular formula is C27H34N4O4. The van der Waals surface area contributed by atoms with Crippen molar-refractivity contribution in [1.82, 2.24) is 15.1 Å². The molecule has 4 aliphatic heterocycles. The molecule has 6 rings (SSSR count). The molecule has 4 amide bonds. The maximum absolute atomic E-state index is 13.6. The zero-order chi connectivity index (χ0) is 24.1. The second kappa shape index (κ2) is 8.97. The molecule has 1 N–H and O–H groups in total. The molecule has 0 radical (unpaired) electrons. The first-order valence-electron chi connectivity index (χ1n) is 13.1. The lowest BCUT2D eigenvalue weighted by Gasteiger charge is -2.54. The number of methoxy groups -OCH3 is 1. The predicted octanol–water partition coefficient (Wildman–Crippen LogP) is 2.93. The van der Waals surface area contributed by atoms with E-state index in [9.17, 15) is 14.4 Å². The number of fused-ring (bicyclic) bond motifs is 6. The molecule has 0 spiro atoms. The zero-order valence-corrected chi connectivity index (χ0v) is 20.3. The number of imide groups is 1. The smallest absolute Gasteiger partial charge is 0.329 e. The normalized spacial score (nSPS) is 32.5. The average molecular weight is 479 g/mol. The minimum atomic E-state index is -0.833. The summed E-state index contributed by atoms with van der Waals surface area (Å²) in [5.41, 5.74) is 1.90. The van der Waals surface area contributed by atoms with Gasteiger partial charge in [0.15, 0.2) is 0 Å². The Balaban J connectivity index is 1.17. The van der Waals surface area contributed by atoms with E-state index in [0.29, 0.717) is 29.3 Å². The van der Waals surface area contributed by atoms with Crippen LogP contribution in [0.4, 0.5) is 10.5 Å². The summed E-state index contributed by atoms with van der Waals surface area (Å²) in [6.45, 7) is 2.96. The highest BCUT2D eigenvalue weighted by Crippen LogP contribution is 2.45. The topological polar surface area (TPSA) is 82.2 Å². The quantitative estimate of drug-likeness (QED) is 0.532. The van der Waals surface area contributed by atoms with E-state index in [2.05, 4.69) is 16.3 Å². The lowest BCUT2D eigenvalue weighted by molar-refractivity contribution is -0.138. The van der Waals surface area contributed by atoms with Crippen molar-refractivity contribution < 1.29 is 19.1 Å². The summed E-state index contributed by atoms with van der Waals surface area (Å²) < 4.78 is 5.17. The number of carbonyl (C=O) groups is 3. The maximum Gasteiger partial charge on any atom is 0.329 e. The van der Waals surface area contributed by atoms with Gasteiger partial charge in [0.1, 0.15) is 11.8 Å². The first kappa shape index (κ1) is 22.6. The Hall–Kier alpha value is -2.87. The van der Waals surface area contributed by atoms with Crippen LogP contribution in [0.25, 0.3) is 0 Å². The number of urea groups is 1. The zero-order valence-electron chi connectivity index (χ0n) is 20.3. The fourth-order valence-corrected chi connectivity index (χ4v) is 7.19. The fraction of sp³-hybridized carbons (Fsp3) is 0.593. The van der Waals surface area contributed by atoms with Gasteiger partial charge >= 0.3 is 6.03 Å². The molecule has 2 bridgehead atoms. The van der Waals surface area contributed by atoms with E-state index in [-0.39, 0.29) is 24.3 Å². The SMILES string of the molecule is COc1ccc(N2C(=O)N[C@H](CC(=O)N3CCCC4=C[C@H]5C[C@@H](CN6CCCC[C@H]56)[C@H]43)C2=O)cc1. The molecule has 8 nitrogen and oxygen atoms in total. The highest BCUT2D eigenvalue weighted by Gasteiger charge is 2.48. The van der Waals surface area contributed by atoms with Crippen LogP contribution in [0.2, 0.25) is 0 Å². The molecule has 35 heavy (non-hydrogen) atoms. The van der Waals surface area contributed by atoms with E-state index in [1.54, 1.807) is 31.4 Å². The van der Waals surface area contributed by atoms with Crippen molar-refractivity contribution in [1.29, 1.82) is 0 Å². The summed E-state index contributed by atoms with van der Waals surface area (Å²) >= 11 is 0. The number of likely N-dealkylation sites (tertiary alicyclic amines) is 1. The van der Waals surface area contributed by atoms with E-state index >= 15 is 0 Å². The third kappa shape index (κ3) is 3.92. The molecule has 0 aromatic heterocycles. The first-order valence-corrected chi connectivity index (χ1v) is 13.1. The Kier molecular flexibility index (Phi) is 5.79. The Morgan fingerprint density at radius 2 is 1.94 bits per heavy atom. The third-order valence-corrected chi connectivity index (χ3v) is 8.71. The molecular weight excluding hydrogens is 444 g/mol. The molecule has 5 atom stereocenters. The summed E-state index contributed by atoms with van der Waals surface area (Å²) in [6.07, 6.45) is 9.58. The van der Waals surface area contributed by atoms with Crippen molar-refractivity contribution >= 4 is 23.5 Å². The van der Waals surface area contributed by atoms with Gasteiger partial charge in [0.25, 0.3) is 5.91 Å². The van der Waals surface area contributed by atoms with Gasteiger partial charge in [0.05, 0.1) is 25.3 Å². The molecule has 4 saturated heterocycles. The Morgan fingerprint density at radius 1 is 1.11 bits per heavy atom. The number of nitrogens with one attached hydrogen (secondary N) is 1. The molecule has 1 aromatic rings. The first-order chi connectivity index (χ1) is 17.0. The van der Waals surface area contributed by atoms with Gasteiger partial charge in [-0.05, 0) is 74.8 Å². The number of anilines is 1. The van der Waals surface area contributed by atoms with Crippen LogP contribution in [0.5, 0.6) is 5.75 Å². The Bertz CT molecular complexity index is 1050. The average Bonchev–Trinajstić information content (AvgIpc) is 3.16. The van der Waals surface area contributed by atoms with Crippen molar-refractivity contribution in [3.05, 3.63) is 35.9 Å². The number of benzene rings is 1. The summed E-state index contributed by atoms with van der Waals surface area (Å²) in [5, 5.41) is 2.74. The second-order valence-corrected chi connectivity index (χ2v) is 10.7. The molecule has 5 aliphatic rings. The van der Waals surface area contributed by atoms with Gasteiger partial charge in [-0.15, -0.1) is 0 Å². The predicted molar refractivity (Wildman–Crippen MR) is 131 cm³/mol. The van der Waals surface area contributed by atoms with E-state index in [1.165, 1.54) is 31.4 Å². The maximum atomic E-state index is 13.6. The van der Waals surface area contributed by atoms with Crippen LogP contribution < -0.4 is 15.0 Å². The van der Waals surface area contributed by atoms with Crippen molar-refractivity contribution in [2.75, 3.05) is 31.6 Å². The van der Waals surface area contributed by atoms with Crippen LogP contribution >= 0.6 is 0 Å². The number of ether oxygens (including phenoxy) is 1. The highest BCUT2D eigenvalue weighted by molar-refractivity contribution is 6.22. The van der Waals surface area contributed by atoms with Crippen LogP contribution in [-0.4, -0.2) is 72.5 Å². The van der Waals surface area contributed by atoms with Gasteiger partial charge in [0.2, 0.25) is 5.91 Å². The fourth-order valence-electron chi connectivity index (χ4n) is 7.19. The summed E-state index contributed by atoms with van der Waals surface area (Å²) in [5.74, 6) is 1.32. The van der Waals surface area contributed by atoms with Gasteiger partial charge < -0.3 is 15.0 Å². The van der Waals surface area contributed by atoms with Crippen molar-refractivity contribution in [3.63, 3.8) is 0 Å². The lowest BCUT2D eigenvalue weighted by atomic mass is 9.68. The molecule has 8 heteroatoms. The van der Waals surface area contributed by atoms with E-state index in [1.807, 2.05) is 4.90 Å². The molecule has 0 unspecified atom stereocenters. The van der Waals surface area contributed by atoms with E-state index in [4.69, 9.17) is 4.74 Å². The summed E-state index contributed by atoms with van der Waals surface area (Å²) in [7, 11) is 1.57. The highest BCUT2D eigenvalue weighted by atomic mass is 16.5. The molecule has 4 fully saturated rings. The third-order valence-electron chi connectivity index (χ3n) is 8.71. The van der Waals surface area contributed by atoms with E-state index < -0.39 is 12.1 Å². The molecule has 1 aliphatic carbocycles. The van der Waals surface area contributed by atoms with Crippen LogP contribution in [0.15, 0.2) is 35.9 Å². The number of carbonyl (C=O) groups excluding carboxylic acids is 3. The summed E-state index contributed by atoms with van der Waals surface area (Å²) in [6, 6.07) is 6.28. The van der Waals surface area contributed by atoms with Crippen LogP contribution in [-0.2, 0) is 9.59 Å². The van der Waals surface area contributed by atoms with Gasteiger partial charge in [-0.2, -0.15) is 0 Å². The van der Waals surface area contributed by atoms with Gasteiger partial charge in [-0.25, -0.2) is 9.69 Å². The van der Waals surface area contributed by atoms with Crippen molar-refractivity contribution in [2.24, 2.45) is 11.8 Å². The Morgan fingerprint density at radius 3 is 2.74 bits per heavy atom. The second-order valence-electron chi connectivity index (χ2n) is 10.7. The number of hydrogen-bond acceptors (Lipinski definition) is 5. The van der Waals surface area contributed by atoms with E-state index in [0.717, 1.165) is 37.3 Å². The van der Waals surface area contributed by atoms with Crippen molar-refractivity contribution in [3.8, 4) is 5.75 Å². The number of hydrogen-bond donors (Lipinski definition) is 1. The minimum Gasteiger partial charge on any atom is -0.497 e. The number of rotatable bonds is 4. The van der Waals surface area contributed by atoms with Crippen LogP contribution in [0, 0.1) is 11.8 Å². The van der Waals surface area contributed by atoms with Gasteiger partial charge in [0, 0.05) is 19.1 Å². The van der Waals surface area contributed by atoms with Crippen molar-refractivity contribution in [2.45, 2.75) is 63.1 Å². The van der Waals surface area contributed by atoms with Crippen LogP contribution in [0.3, 0.4) is 0 Å². The van der Waals surface area contributed by atoms with Gasteiger partial charge in [-0.1, -0.05) is 18.1 Å². The van der Waals surface area contributed by atoms with Gasteiger partial charge in [-0.3, -0.25) is 14.5 Å². The monoisotopic (exact) mass is 478 g/mol. The van der Waals surface area contributed by atoms with Crippen LogP contribution in [0.1, 0.15) is 44.9 Å². The minimum absolute atomic E-state index is 0.00347. The molecule has 1 aromatic carbocycles. The number of piperidine rings is 3. The Labute approximate surface area is 206 Å². The molecule has 0 saturated carbocycles. The molecule has 4 heterocycles. The standard InChI is InChI=1S/C27H34N4O4/c1-35-21-9-7-20(8-10-21)31-26(33)22(28-27(31)34)15-24(32)30-12-4-5-17-13-18-14-19(25(17)30)16-29-11-3-2-6-23(18)29/h7-10,13,18-19,22-23,25H,2-6,11-12,14-16H2,1H3,(H,28,34)/t18-,19-,22+,23+,25-/m0/s1. The number of amides is 4. The lowest BCUT2D eigenvalue weighted by Crippen LogP contribution is -2.60. The largest absolute Gasteiger partial charge is 0.497 e. The summed E-state index contributed by atoms with van der Waals surface area (Å²) in [4.78, 5) is 45.2.